The smallest absolute Gasteiger partial charge is 0.0639 e. The van der Waals surface area contributed by atoms with E-state index in [0.29, 0.717) is 6.04 Å². The molecule has 2 aliphatic heterocycles. The Morgan fingerprint density at radius 1 is 1.28 bits per heavy atom. The second-order valence-corrected chi connectivity index (χ2v) is 6.15. The van der Waals surface area contributed by atoms with Gasteiger partial charge in [0.15, 0.2) is 0 Å². The van der Waals surface area contributed by atoms with Crippen LogP contribution in [0.25, 0.3) is 0 Å². The third kappa shape index (κ3) is 4.19. The average molecular weight is 255 g/mol. The van der Waals surface area contributed by atoms with Crippen LogP contribution in [0.15, 0.2) is 0 Å². The first-order valence-corrected chi connectivity index (χ1v) is 7.50. The second kappa shape index (κ2) is 6.85. The predicted octanol–water partition coefficient (Wildman–Crippen LogP) is 0.373. The molecule has 2 fully saturated rings. The summed E-state index contributed by atoms with van der Waals surface area (Å²) in [4.78, 5) is 5.04. The van der Waals surface area contributed by atoms with Gasteiger partial charge < -0.3 is 15.3 Å². The van der Waals surface area contributed by atoms with Gasteiger partial charge in [0.2, 0.25) is 0 Å². The molecule has 0 saturated carbocycles. The fourth-order valence-electron chi connectivity index (χ4n) is 3.28. The summed E-state index contributed by atoms with van der Waals surface area (Å²) in [6, 6.07) is 0.579. The lowest BCUT2D eigenvalue weighted by atomic mass is 9.97. The van der Waals surface area contributed by atoms with Crippen molar-refractivity contribution in [3.05, 3.63) is 0 Å². The highest BCUT2D eigenvalue weighted by Gasteiger charge is 2.26. The summed E-state index contributed by atoms with van der Waals surface area (Å²) < 4.78 is 0. The molecule has 2 atom stereocenters. The number of aliphatic hydroxyl groups is 1. The molecule has 0 spiro atoms. The van der Waals surface area contributed by atoms with Crippen LogP contribution in [0.1, 0.15) is 26.7 Å². The number of nitrogens with zero attached hydrogens (tertiary/aromatic N) is 2. The third-order valence-electron chi connectivity index (χ3n) is 4.32. The zero-order valence-corrected chi connectivity index (χ0v) is 11.9. The first-order chi connectivity index (χ1) is 8.65. The van der Waals surface area contributed by atoms with E-state index in [0.717, 1.165) is 25.6 Å². The van der Waals surface area contributed by atoms with E-state index in [9.17, 15) is 5.11 Å². The Labute approximate surface area is 111 Å². The normalized spacial score (nSPS) is 30.5. The summed E-state index contributed by atoms with van der Waals surface area (Å²) in [6.45, 7) is 12.1. The van der Waals surface area contributed by atoms with Gasteiger partial charge in [0.25, 0.3) is 0 Å². The van der Waals surface area contributed by atoms with Gasteiger partial charge in [-0.05, 0) is 45.7 Å². The molecule has 0 aromatic heterocycles. The number of piperazine rings is 1. The summed E-state index contributed by atoms with van der Waals surface area (Å²) in [5.74, 6) is 0.891. The van der Waals surface area contributed by atoms with Crippen LogP contribution in [0, 0.1) is 5.92 Å². The fraction of sp³-hybridized carbons (Fsp3) is 1.00. The number of aliphatic hydroxyl groups excluding tert-OH is 1. The fourth-order valence-corrected chi connectivity index (χ4v) is 3.28. The topological polar surface area (TPSA) is 38.7 Å². The van der Waals surface area contributed by atoms with Crippen LogP contribution >= 0.6 is 0 Å². The maximum Gasteiger partial charge on any atom is 0.0639 e. The minimum atomic E-state index is -0.205. The van der Waals surface area contributed by atoms with E-state index in [4.69, 9.17) is 0 Å². The molecule has 0 aromatic rings. The van der Waals surface area contributed by atoms with Crippen molar-refractivity contribution < 1.29 is 5.11 Å². The molecule has 2 aliphatic rings. The summed E-state index contributed by atoms with van der Waals surface area (Å²) in [5.41, 5.74) is 0. The number of piperidine rings is 1. The summed E-state index contributed by atoms with van der Waals surface area (Å²) in [7, 11) is 0. The van der Waals surface area contributed by atoms with Crippen LogP contribution in [-0.4, -0.2) is 72.9 Å². The molecule has 0 bridgehead atoms. The van der Waals surface area contributed by atoms with Crippen LogP contribution in [0.5, 0.6) is 0 Å². The highest BCUT2D eigenvalue weighted by atomic mass is 16.3. The Morgan fingerprint density at radius 2 is 2.00 bits per heavy atom. The molecule has 2 rings (SSSR count). The van der Waals surface area contributed by atoms with Crippen molar-refractivity contribution in [2.24, 2.45) is 5.92 Å². The highest BCUT2D eigenvalue weighted by molar-refractivity contribution is 4.82. The number of hydrogen-bond acceptors (Lipinski definition) is 4. The minimum Gasteiger partial charge on any atom is -0.392 e. The third-order valence-corrected chi connectivity index (χ3v) is 4.32. The summed E-state index contributed by atoms with van der Waals surface area (Å²) in [6.07, 6.45) is 2.47. The molecule has 2 unspecified atom stereocenters. The molecule has 4 heteroatoms. The van der Waals surface area contributed by atoms with Crippen LogP contribution in [0.2, 0.25) is 0 Å². The molecule has 106 valence electrons. The summed E-state index contributed by atoms with van der Waals surface area (Å²) >= 11 is 0. The Hall–Kier alpha value is -0.160. The van der Waals surface area contributed by atoms with E-state index in [1.54, 1.807) is 0 Å². The zero-order valence-electron chi connectivity index (χ0n) is 11.9. The Bertz CT molecular complexity index is 241. The second-order valence-electron chi connectivity index (χ2n) is 6.15. The van der Waals surface area contributed by atoms with Gasteiger partial charge in [-0.2, -0.15) is 0 Å². The first kappa shape index (κ1) is 14.3. The predicted molar refractivity (Wildman–Crippen MR) is 74.7 cm³/mol. The van der Waals surface area contributed by atoms with Crippen molar-refractivity contribution in [1.29, 1.82) is 0 Å². The lowest BCUT2D eigenvalue weighted by Crippen LogP contribution is -2.54. The maximum atomic E-state index is 9.49. The van der Waals surface area contributed by atoms with Crippen LogP contribution in [0.4, 0.5) is 0 Å². The maximum absolute atomic E-state index is 9.49. The van der Waals surface area contributed by atoms with Crippen molar-refractivity contribution in [1.82, 2.24) is 15.1 Å². The van der Waals surface area contributed by atoms with E-state index < -0.39 is 0 Å². The van der Waals surface area contributed by atoms with Crippen molar-refractivity contribution in [3.63, 3.8) is 0 Å². The Kier molecular flexibility index (Phi) is 5.42. The van der Waals surface area contributed by atoms with Crippen molar-refractivity contribution >= 4 is 0 Å². The lowest BCUT2D eigenvalue weighted by Gasteiger charge is -2.42. The number of β-amino-alcohol motifs (C(OH)–C–C–N with tert-alkyl or cyclic N) is 1. The number of hydrogen-bond donors (Lipinski definition) is 2. The largest absolute Gasteiger partial charge is 0.392 e. The highest BCUT2D eigenvalue weighted by Crippen LogP contribution is 2.17. The van der Waals surface area contributed by atoms with Crippen molar-refractivity contribution in [3.8, 4) is 0 Å². The Morgan fingerprint density at radius 3 is 2.61 bits per heavy atom. The molecule has 18 heavy (non-hydrogen) atoms. The lowest BCUT2D eigenvalue weighted by molar-refractivity contribution is 0.0373. The van der Waals surface area contributed by atoms with E-state index in [-0.39, 0.29) is 6.10 Å². The van der Waals surface area contributed by atoms with Gasteiger partial charge in [-0.1, -0.05) is 0 Å². The molecule has 0 amide bonds. The van der Waals surface area contributed by atoms with Gasteiger partial charge in [0.05, 0.1) is 6.10 Å². The van der Waals surface area contributed by atoms with Crippen LogP contribution in [0.3, 0.4) is 0 Å². The molecule has 0 aliphatic carbocycles. The molecule has 2 N–H and O–H groups in total. The minimum absolute atomic E-state index is 0.205. The van der Waals surface area contributed by atoms with Crippen molar-refractivity contribution in [2.75, 3.05) is 45.8 Å². The first-order valence-electron chi connectivity index (χ1n) is 7.50. The zero-order chi connectivity index (χ0) is 13.0. The molecular formula is C14H29N3O. The molecule has 0 radical (unpaired) electrons. The van der Waals surface area contributed by atoms with E-state index in [1.165, 1.54) is 39.0 Å². The Balaban J connectivity index is 1.73. The van der Waals surface area contributed by atoms with Gasteiger partial charge in [-0.3, -0.25) is 4.90 Å². The van der Waals surface area contributed by atoms with Crippen LogP contribution < -0.4 is 5.32 Å². The summed E-state index contributed by atoms with van der Waals surface area (Å²) in [5, 5.41) is 12.9. The molecular weight excluding hydrogens is 226 g/mol. The van der Waals surface area contributed by atoms with Gasteiger partial charge >= 0.3 is 0 Å². The van der Waals surface area contributed by atoms with Gasteiger partial charge in [-0.25, -0.2) is 0 Å². The van der Waals surface area contributed by atoms with Crippen molar-refractivity contribution in [2.45, 2.75) is 38.8 Å². The quantitative estimate of drug-likeness (QED) is 0.761. The molecule has 4 nitrogen and oxygen atoms in total. The SMILES string of the molecule is CC(O)CN1CCN(CC2CCNCC2)CC1C. The average Bonchev–Trinajstić information content (AvgIpc) is 2.33. The molecule has 0 aromatic carbocycles. The van der Waals surface area contributed by atoms with Gasteiger partial charge in [-0.15, -0.1) is 0 Å². The standard InChI is InChI=1S/C14H29N3O/c1-12-9-16(7-8-17(12)10-13(2)18)11-14-3-5-15-6-4-14/h12-15,18H,3-11H2,1-2H3. The van der Waals surface area contributed by atoms with Gasteiger partial charge in [0.1, 0.15) is 0 Å². The van der Waals surface area contributed by atoms with E-state index in [1.807, 2.05) is 6.92 Å². The van der Waals surface area contributed by atoms with E-state index in [2.05, 4.69) is 22.0 Å². The van der Waals surface area contributed by atoms with Crippen LogP contribution in [-0.2, 0) is 0 Å². The van der Waals surface area contributed by atoms with E-state index >= 15 is 0 Å². The number of nitrogens with one attached hydrogen (secondary N) is 1. The monoisotopic (exact) mass is 255 g/mol. The molecule has 2 heterocycles. The number of rotatable bonds is 4. The molecule has 2 saturated heterocycles. The van der Waals surface area contributed by atoms with Gasteiger partial charge in [0, 0.05) is 38.8 Å².